The SMILES string of the molecule is CCCCC(Sc1cc(C(C)(C)C)c(O)c(C(C)(C)C)c1)C(=O)O. The number of phenols is 1. The van der Waals surface area contributed by atoms with Crippen LogP contribution in [0.15, 0.2) is 17.0 Å². The molecule has 3 nitrogen and oxygen atoms in total. The minimum Gasteiger partial charge on any atom is -0.507 e. The van der Waals surface area contributed by atoms with Gasteiger partial charge in [0.05, 0.1) is 0 Å². The molecule has 0 heterocycles. The van der Waals surface area contributed by atoms with Crippen molar-refractivity contribution in [2.24, 2.45) is 0 Å². The molecule has 1 aromatic carbocycles. The van der Waals surface area contributed by atoms with E-state index in [0.717, 1.165) is 28.9 Å². The fourth-order valence-electron chi connectivity index (χ4n) is 2.61. The second-order valence-corrected chi connectivity index (χ2v) is 9.73. The van der Waals surface area contributed by atoms with Crippen LogP contribution >= 0.6 is 11.8 Å². The van der Waals surface area contributed by atoms with Crippen LogP contribution in [0, 0.1) is 0 Å². The highest BCUT2D eigenvalue weighted by Crippen LogP contribution is 2.42. The lowest BCUT2D eigenvalue weighted by atomic mass is 9.79. The van der Waals surface area contributed by atoms with Crippen molar-refractivity contribution in [2.45, 2.75) is 88.7 Å². The van der Waals surface area contributed by atoms with Gasteiger partial charge in [-0.1, -0.05) is 61.3 Å². The number of hydrogen-bond donors (Lipinski definition) is 2. The Labute approximate surface area is 150 Å². The number of rotatable bonds is 6. The van der Waals surface area contributed by atoms with Crippen molar-refractivity contribution >= 4 is 17.7 Å². The Morgan fingerprint density at radius 2 is 1.54 bits per heavy atom. The Morgan fingerprint density at radius 1 is 1.08 bits per heavy atom. The summed E-state index contributed by atoms with van der Waals surface area (Å²) in [6.07, 6.45) is 2.55. The number of phenolic OH excluding ortho intramolecular Hbond substituents is 1. The molecule has 4 heteroatoms. The smallest absolute Gasteiger partial charge is 0.316 e. The summed E-state index contributed by atoms with van der Waals surface area (Å²) in [5, 5.41) is 19.8. The molecule has 0 amide bonds. The van der Waals surface area contributed by atoms with Crippen molar-refractivity contribution in [3.63, 3.8) is 0 Å². The number of thioether (sulfide) groups is 1. The number of unbranched alkanes of at least 4 members (excludes halogenated alkanes) is 1. The van der Waals surface area contributed by atoms with Crippen LogP contribution in [0.25, 0.3) is 0 Å². The molecule has 0 aliphatic carbocycles. The average Bonchev–Trinajstić information content (AvgIpc) is 2.41. The van der Waals surface area contributed by atoms with E-state index < -0.39 is 11.2 Å². The van der Waals surface area contributed by atoms with E-state index in [1.165, 1.54) is 11.8 Å². The highest BCUT2D eigenvalue weighted by atomic mass is 32.2. The van der Waals surface area contributed by atoms with Gasteiger partial charge in [0.2, 0.25) is 0 Å². The van der Waals surface area contributed by atoms with Crippen LogP contribution in [-0.4, -0.2) is 21.4 Å². The molecular formula is C20H32O3S. The predicted octanol–water partition coefficient (Wildman–Crippen LogP) is 5.72. The first-order chi connectivity index (χ1) is 10.9. The van der Waals surface area contributed by atoms with Crippen molar-refractivity contribution in [1.82, 2.24) is 0 Å². The zero-order valence-corrected chi connectivity index (χ0v) is 16.9. The van der Waals surface area contributed by atoms with Gasteiger partial charge in [0, 0.05) is 16.0 Å². The van der Waals surface area contributed by atoms with Crippen molar-refractivity contribution in [3.8, 4) is 5.75 Å². The maximum atomic E-state index is 11.6. The van der Waals surface area contributed by atoms with Crippen molar-refractivity contribution < 1.29 is 15.0 Å². The first-order valence-electron chi connectivity index (χ1n) is 8.65. The number of carboxylic acids is 1. The quantitative estimate of drug-likeness (QED) is 0.643. The molecule has 0 spiro atoms. The van der Waals surface area contributed by atoms with Crippen molar-refractivity contribution in [3.05, 3.63) is 23.3 Å². The summed E-state index contributed by atoms with van der Waals surface area (Å²) in [7, 11) is 0. The third-order valence-electron chi connectivity index (χ3n) is 4.07. The minimum absolute atomic E-state index is 0.206. The molecule has 1 unspecified atom stereocenters. The number of hydrogen-bond acceptors (Lipinski definition) is 3. The summed E-state index contributed by atoms with van der Waals surface area (Å²) >= 11 is 1.40. The number of carboxylic acid groups (broad SMARTS) is 1. The Balaban J connectivity index is 3.35. The van der Waals surface area contributed by atoms with Gasteiger partial charge in [-0.05, 0) is 29.4 Å². The molecule has 1 atom stereocenters. The lowest BCUT2D eigenvalue weighted by Crippen LogP contribution is -2.19. The first-order valence-corrected chi connectivity index (χ1v) is 9.53. The zero-order chi connectivity index (χ0) is 18.7. The monoisotopic (exact) mass is 352 g/mol. The fraction of sp³-hybridized carbons (Fsp3) is 0.650. The lowest BCUT2D eigenvalue weighted by Gasteiger charge is -2.28. The van der Waals surface area contributed by atoms with Gasteiger partial charge in [-0.25, -0.2) is 0 Å². The standard InChI is InChI=1S/C20H32O3S/c1-8-9-10-16(18(22)23)24-13-11-14(19(2,3)4)17(21)15(12-13)20(5,6)7/h11-12,16,21H,8-10H2,1-7H3,(H,22,23). The third kappa shape index (κ3) is 5.44. The summed E-state index contributed by atoms with van der Waals surface area (Å²) in [6.45, 7) is 14.5. The van der Waals surface area contributed by atoms with E-state index in [9.17, 15) is 15.0 Å². The van der Waals surface area contributed by atoms with Crippen LogP contribution in [0.5, 0.6) is 5.75 Å². The Morgan fingerprint density at radius 3 is 1.88 bits per heavy atom. The third-order valence-corrected chi connectivity index (χ3v) is 5.30. The van der Waals surface area contributed by atoms with Crippen molar-refractivity contribution in [1.29, 1.82) is 0 Å². The van der Waals surface area contributed by atoms with Crippen LogP contribution in [0.1, 0.15) is 78.9 Å². The molecule has 1 aromatic rings. The number of carbonyl (C=O) groups is 1. The largest absolute Gasteiger partial charge is 0.507 e. The van der Waals surface area contributed by atoms with E-state index in [1.54, 1.807) is 0 Å². The van der Waals surface area contributed by atoms with E-state index in [1.807, 2.05) is 12.1 Å². The molecule has 0 aliphatic rings. The van der Waals surface area contributed by atoms with Crippen molar-refractivity contribution in [2.75, 3.05) is 0 Å². The van der Waals surface area contributed by atoms with Gasteiger partial charge in [0.15, 0.2) is 0 Å². The van der Waals surface area contributed by atoms with E-state index in [2.05, 4.69) is 48.5 Å². The highest BCUT2D eigenvalue weighted by molar-refractivity contribution is 8.00. The zero-order valence-electron chi connectivity index (χ0n) is 16.1. The number of benzene rings is 1. The molecule has 0 saturated carbocycles. The summed E-state index contributed by atoms with van der Waals surface area (Å²) in [4.78, 5) is 12.5. The van der Waals surface area contributed by atoms with Gasteiger partial charge in [-0.15, -0.1) is 11.8 Å². The molecule has 0 aromatic heterocycles. The van der Waals surface area contributed by atoms with Gasteiger partial charge in [0.1, 0.15) is 11.0 Å². The van der Waals surface area contributed by atoms with Gasteiger partial charge in [0.25, 0.3) is 0 Å². The maximum absolute atomic E-state index is 11.6. The van der Waals surface area contributed by atoms with Crippen LogP contribution in [0.3, 0.4) is 0 Å². The first kappa shape index (κ1) is 20.9. The van der Waals surface area contributed by atoms with Gasteiger partial charge in [-0.2, -0.15) is 0 Å². The van der Waals surface area contributed by atoms with E-state index in [0.29, 0.717) is 12.2 Å². The Hall–Kier alpha value is -1.16. The van der Waals surface area contributed by atoms with E-state index in [-0.39, 0.29) is 10.8 Å². The maximum Gasteiger partial charge on any atom is 0.316 e. The number of aromatic hydroxyl groups is 1. The topological polar surface area (TPSA) is 57.5 Å². The molecule has 0 bridgehead atoms. The summed E-state index contributed by atoms with van der Waals surface area (Å²) in [5.41, 5.74) is 1.33. The van der Waals surface area contributed by atoms with Gasteiger partial charge in [-0.3, -0.25) is 4.79 Å². The molecule has 0 radical (unpaired) electrons. The fourth-order valence-corrected chi connectivity index (χ4v) is 3.69. The summed E-state index contributed by atoms with van der Waals surface area (Å²) in [5.74, 6) is -0.434. The van der Waals surface area contributed by atoms with Crippen LogP contribution in [-0.2, 0) is 15.6 Å². The molecule has 0 aliphatic heterocycles. The second-order valence-electron chi connectivity index (χ2n) is 8.45. The number of aliphatic carboxylic acids is 1. The van der Waals surface area contributed by atoms with Gasteiger partial charge < -0.3 is 10.2 Å². The van der Waals surface area contributed by atoms with E-state index >= 15 is 0 Å². The average molecular weight is 353 g/mol. The Kier molecular flexibility index (Phi) is 6.80. The highest BCUT2D eigenvalue weighted by Gasteiger charge is 2.28. The molecule has 0 fully saturated rings. The molecule has 1 rings (SSSR count). The second kappa shape index (κ2) is 7.81. The molecule has 2 N–H and O–H groups in total. The molecule has 24 heavy (non-hydrogen) atoms. The van der Waals surface area contributed by atoms with Crippen LogP contribution in [0.2, 0.25) is 0 Å². The van der Waals surface area contributed by atoms with Gasteiger partial charge >= 0.3 is 5.97 Å². The molecule has 0 saturated heterocycles. The molecule has 136 valence electrons. The summed E-state index contributed by atoms with van der Waals surface area (Å²) in [6, 6.07) is 3.91. The normalized spacial score (nSPS) is 13.8. The summed E-state index contributed by atoms with van der Waals surface area (Å²) < 4.78 is 0. The lowest BCUT2D eigenvalue weighted by molar-refractivity contribution is -0.136. The van der Waals surface area contributed by atoms with Crippen LogP contribution in [0.4, 0.5) is 0 Å². The Bertz CT molecular complexity index is 545. The van der Waals surface area contributed by atoms with Crippen LogP contribution < -0.4 is 0 Å². The van der Waals surface area contributed by atoms with E-state index in [4.69, 9.17) is 0 Å². The predicted molar refractivity (Wildman–Crippen MR) is 102 cm³/mol. The molecular weight excluding hydrogens is 320 g/mol. The minimum atomic E-state index is -0.767.